The zero-order chi connectivity index (χ0) is 22.5. The number of esters is 1. The number of hydrogen-bond acceptors (Lipinski definition) is 9. The lowest BCUT2D eigenvalue weighted by Gasteiger charge is -2.13. The second-order valence-corrected chi connectivity index (χ2v) is 8.93. The SMILES string of the molecule is CCOC(=O)Cc1csc(NC(=O)CSc2nc(=O)n(Cc3ccco3)c3c2CCC3)n1. The monoisotopic (exact) mass is 474 g/mol. The molecule has 0 fully saturated rings. The van der Waals surface area contributed by atoms with E-state index in [0.29, 0.717) is 34.8 Å². The van der Waals surface area contributed by atoms with Crippen molar-refractivity contribution in [2.75, 3.05) is 17.7 Å². The molecule has 0 unspecified atom stereocenters. The fraction of sp³-hybridized carbons (Fsp3) is 0.381. The van der Waals surface area contributed by atoms with Gasteiger partial charge in [-0.3, -0.25) is 14.2 Å². The first-order valence-corrected chi connectivity index (χ1v) is 12.1. The highest BCUT2D eigenvalue weighted by molar-refractivity contribution is 8.00. The Hall–Kier alpha value is -2.92. The predicted octanol–water partition coefficient (Wildman–Crippen LogP) is 2.67. The van der Waals surface area contributed by atoms with Gasteiger partial charge in [0.25, 0.3) is 0 Å². The summed E-state index contributed by atoms with van der Waals surface area (Å²) < 4.78 is 11.9. The number of aromatic nitrogens is 3. The van der Waals surface area contributed by atoms with Gasteiger partial charge in [0.2, 0.25) is 5.91 Å². The van der Waals surface area contributed by atoms with Crippen LogP contribution >= 0.6 is 23.1 Å². The van der Waals surface area contributed by atoms with Gasteiger partial charge in [-0.1, -0.05) is 11.8 Å². The summed E-state index contributed by atoms with van der Waals surface area (Å²) in [5.41, 5.74) is 2.21. The van der Waals surface area contributed by atoms with Crippen LogP contribution in [0, 0.1) is 0 Å². The maximum absolute atomic E-state index is 12.6. The number of carbonyl (C=O) groups excluding carboxylic acids is 2. The lowest BCUT2D eigenvalue weighted by atomic mass is 10.2. The van der Waals surface area contributed by atoms with Crippen LogP contribution in [0.5, 0.6) is 0 Å². The normalized spacial score (nSPS) is 12.5. The summed E-state index contributed by atoms with van der Waals surface area (Å²) >= 11 is 2.50. The molecule has 32 heavy (non-hydrogen) atoms. The summed E-state index contributed by atoms with van der Waals surface area (Å²) in [6.07, 6.45) is 4.23. The molecule has 1 aliphatic rings. The van der Waals surface area contributed by atoms with Gasteiger partial charge in [0, 0.05) is 16.6 Å². The zero-order valence-electron chi connectivity index (χ0n) is 17.5. The lowest BCUT2D eigenvalue weighted by molar-refractivity contribution is -0.142. The van der Waals surface area contributed by atoms with Gasteiger partial charge in [-0.05, 0) is 38.3 Å². The third kappa shape index (κ3) is 5.28. The average Bonchev–Trinajstić information content (AvgIpc) is 3.51. The highest BCUT2D eigenvalue weighted by atomic mass is 32.2. The van der Waals surface area contributed by atoms with E-state index in [1.54, 1.807) is 29.2 Å². The highest BCUT2D eigenvalue weighted by Crippen LogP contribution is 2.29. The van der Waals surface area contributed by atoms with Crippen molar-refractivity contribution in [1.29, 1.82) is 0 Å². The van der Waals surface area contributed by atoms with Gasteiger partial charge in [-0.15, -0.1) is 11.3 Å². The van der Waals surface area contributed by atoms with Gasteiger partial charge in [-0.25, -0.2) is 9.78 Å². The van der Waals surface area contributed by atoms with Gasteiger partial charge in [0.1, 0.15) is 10.8 Å². The maximum atomic E-state index is 12.6. The van der Waals surface area contributed by atoms with Crippen LogP contribution in [0.15, 0.2) is 38.0 Å². The minimum Gasteiger partial charge on any atom is -0.467 e. The smallest absolute Gasteiger partial charge is 0.349 e. The molecule has 1 aliphatic carbocycles. The van der Waals surface area contributed by atoms with Gasteiger partial charge >= 0.3 is 11.7 Å². The van der Waals surface area contributed by atoms with Gasteiger partial charge < -0.3 is 14.5 Å². The van der Waals surface area contributed by atoms with E-state index in [9.17, 15) is 14.4 Å². The number of thioether (sulfide) groups is 1. The first-order valence-electron chi connectivity index (χ1n) is 10.2. The first kappa shape index (κ1) is 22.3. The second-order valence-electron chi connectivity index (χ2n) is 7.11. The molecule has 11 heteroatoms. The highest BCUT2D eigenvalue weighted by Gasteiger charge is 2.23. The minimum absolute atomic E-state index is 0.0688. The molecule has 0 bridgehead atoms. The van der Waals surface area contributed by atoms with Crippen LogP contribution in [-0.4, -0.2) is 38.8 Å². The van der Waals surface area contributed by atoms with E-state index in [2.05, 4.69) is 15.3 Å². The number of rotatable bonds is 9. The Morgan fingerprint density at radius 2 is 2.22 bits per heavy atom. The number of carbonyl (C=O) groups is 2. The van der Waals surface area contributed by atoms with Crippen molar-refractivity contribution >= 4 is 40.1 Å². The Labute approximate surface area is 192 Å². The number of fused-ring (bicyclic) bond motifs is 1. The summed E-state index contributed by atoms with van der Waals surface area (Å²) in [4.78, 5) is 45.1. The molecular formula is C21H22N4O5S2. The molecule has 0 saturated carbocycles. The largest absolute Gasteiger partial charge is 0.467 e. The molecule has 9 nitrogen and oxygen atoms in total. The quantitative estimate of drug-likeness (QED) is 0.286. The second kappa shape index (κ2) is 10.1. The first-order chi connectivity index (χ1) is 15.5. The van der Waals surface area contributed by atoms with Crippen molar-refractivity contribution in [3.63, 3.8) is 0 Å². The maximum Gasteiger partial charge on any atom is 0.349 e. The molecule has 3 heterocycles. The third-order valence-corrected chi connectivity index (χ3v) is 6.69. The number of hydrogen-bond donors (Lipinski definition) is 1. The van der Waals surface area contributed by atoms with Crippen molar-refractivity contribution in [3.05, 3.63) is 57.0 Å². The zero-order valence-corrected chi connectivity index (χ0v) is 19.1. The van der Waals surface area contributed by atoms with Crippen LogP contribution in [0.1, 0.15) is 36.1 Å². The fourth-order valence-corrected chi connectivity index (χ4v) is 5.12. The van der Waals surface area contributed by atoms with E-state index < -0.39 is 0 Å². The lowest BCUT2D eigenvalue weighted by Crippen LogP contribution is -2.28. The van der Waals surface area contributed by atoms with E-state index in [0.717, 1.165) is 30.5 Å². The molecule has 1 amide bonds. The molecular weight excluding hydrogens is 452 g/mol. The standard InChI is InChI=1S/C21H22N4O5S2/c1-2-29-18(27)9-13-11-32-20(22-13)23-17(26)12-31-19-15-6-3-7-16(15)25(21(28)24-19)10-14-5-4-8-30-14/h4-5,8,11H,2-3,6-7,9-10,12H2,1H3,(H,22,23,26). The topological polar surface area (TPSA) is 116 Å². The van der Waals surface area contributed by atoms with E-state index in [-0.39, 0.29) is 29.7 Å². The van der Waals surface area contributed by atoms with Gasteiger partial charge in [-0.2, -0.15) is 4.98 Å². The van der Waals surface area contributed by atoms with Crippen molar-refractivity contribution < 1.29 is 18.7 Å². The number of anilines is 1. The summed E-state index contributed by atoms with van der Waals surface area (Å²) in [5.74, 6) is 0.204. The minimum atomic E-state index is -0.354. The molecule has 0 spiro atoms. The number of amides is 1. The van der Waals surface area contributed by atoms with Gasteiger partial charge in [0.15, 0.2) is 5.13 Å². The number of nitrogens with zero attached hydrogens (tertiary/aromatic N) is 3. The van der Waals surface area contributed by atoms with E-state index in [1.165, 1.54) is 23.1 Å². The predicted molar refractivity (Wildman–Crippen MR) is 120 cm³/mol. The van der Waals surface area contributed by atoms with Crippen LogP contribution < -0.4 is 11.0 Å². The summed E-state index contributed by atoms with van der Waals surface area (Å²) in [5, 5.41) is 5.47. The molecule has 3 aromatic rings. The number of furan rings is 1. The summed E-state index contributed by atoms with van der Waals surface area (Å²) in [6, 6.07) is 3.62. The van der Waals surface area contributed by atoms with E-state index in [4.69, 9.17) is 9.15 Å². The van der Waals surface area contributed by atoms with Crippen LogP contribution in [0.3, 0.4) is 0 Å². The molecule has 1 N–H and O–H groups in total. The average molecular weight is 475 g/mol. The Balaban J connectivity index is 1.39. The van der Waals surface area contributed by atoms with Crippen molar-refractivity contribution in [3.8, 4) is 0 Å². The van der Waals surface area contributed by atoms with Crippen LogP contribution in [0.4, 0.5) is 5.13 Å². The number of nitrogens with one attached hydrogen (secondary N) is 1. The molecule has 0 radical (unpaired) electrons. The van der Waals surface area contributed by atoms with Crippen molar-refractivity contribution in [2.45, 2.75) is 44.2 Å². The summed E-state index contributed by atoms with van der Waals surface area (Å²) in [7, 11) is 0. The Bertz CT molecular complexity index is 1170. The molecule has 0 saturated heterocycles. The Morgan fingerprint density at radius 1 is 1.34 bits per heavy atom. The fourth-order valence-electron chi connectivity index (χ4n) is 3.52. The Kier molecular flexibility index (Phi) is 7.05. The van der Waals surface area contributed by atoms with Crippen LogP contribution in [-0.2, 0) is 40.1 Å². The van der Waals surface area contributed by atoms with Crippen LogP contribution in [0.25, 0.3) is 0 Å². The van der Waals surface area contributed by atoms with Gasteiger partial charge in [0.05, 0.1) is 37.3 Å². The van der Waals surface area contributed by atoms with E-state index >= 15 is 0 Å². The van der Waals surface area contributed by atoms with Crippen molar-refractivity contribution in [1.82, 2.24) is 14.5 Å². The third-order valence-electron chi connectivity index (χ3n) is 4.86. The molecule has 0 aromatic carbocycles. The molecule has 0 atom stereocenters. The molecule has 4 rings (SSSR count). The van der Waals surface area contributed by atoms with E-state index in [1.807, 2.05) is 6.07 Å². The molecule has 3 aromatic heterocycles. The van der Waals surface area contributed by atoms with Crippen molar-refractivity contribution in [2.24, 2.45) is 0 Å². The summed E-state index contributed by atoms with van der Waals surface area (Å²) in [6.45, 7) is 2.41. The van der Waals surface area contributed by atoms with Crippen LogP contribution in [0.2, 0.25) is 0 Å². The number of ether oxygens (including phenoxy) is 1. The number of thiazole rings is 1. The Morgan fingerprint density at radius 3 is 3.00 bits per heavy atom. The molecule has 168 valence electrons. The molecule has 0 aliphatic heterocycles.